The highest BCUT2D eigenvalue weighted by atomic mass is 16.6. The van der Waals surface area contributed by atoms with Gasteiger partial charge in [0.2, 0.25) is 6.10 Å². The number of benzene rings is 2. The topological polar surface area (TPSA) is 50.7 Å². The van der Waals surface area contributed by atoms with Crippen molar-refractivity contribution in [3.63, 3.8) is 0 Å². The Hall–Kier alpha value is -2.62. The maximum atomic E-state index is 12.1. The number of rotatable bonds is 3. The van der Waals surface area contributed by atoms with Crippen molar-refractivity contribution in [3.8, 4) is 0 Å². The predicted octanol–water partition coefficient (Wildman–Crippen LogP) is 2.82. The van der Waals surface area contributed by atoms with E-state index in [1.807, 2.05) is 60.7 Å². The van der Waals surface area contributed by atoms with Crippen LogP contribution in [0.1, 0.15) is 12.0 Å². The molecule has 4 heteroatoms. The second kappa shape index (κ2) is 5.57. The summed E-state index contributed by atoms with van der Waals surface area (Å²) in [6.07, 6.45) is -0.0757. The van der Waals surface area contributed by atoms with Gasteiger partial charge in [-0.05, 0) is 17.7 Å². The van der Waals surface area contributed by atoms with Gasteiger partial charge < -0.3 is 10.2 Å². The summed E-state index contributed by atoms with van der Waals surface area (Å²) in [4.78, 5) is 17.3. The average molecular weight is 266 g/mol. The summed E-state index contributed by atoms with van der Waals surface area (Å²) < 4.78 is 0. The van der Waals surface area contributed by atoms with Gasteiger partial charge in [0.05, 0.1) is 5.71 Å². The van der Waals surface area contributed by atoms with Gasteiger partial charge in [-0.1, -0.05) is 53.7 Å². The molecule has 1 aliphatic rings. The van der Waals surface area contributed by atoms with Crippen molar-refractivity contribution >= 4 is 17.3 Å². The van der Waals surface area contributed by atoms with Crippen molar-refractivity contribution in [2.45, 2.75) is 12.5 Å². The van der Waals surface area contributed by atoms with Gasteiger partial charge in [0.1, 0.15) is 0 Å². The van der Waals surface area contributed by atoms with Crippen LogP contribution in [-0.4, -0.2) is 17.7 Å². The molecule has 0 unspecified atom stereocenters. The number of nitrogens with zero attached hydrogens (tertiary/aromatic N) is 1. The van der Waals surface area contributed by atoms with E-state index in [0.29, 0.717) is 6.42 Å². The first-order valence-corrected chi connectivity index (χ1v) is 6.47. The SMILES string of the molecule is O=C(Nc1ccccc1)[C@H]1CC(c2ccccc2)=NO1. The monoisotopic (exact) mass is 266 g/mol. The number of carbonyl (C=O) groups is 1. The molecule has 3 rings (SSSR count). The van der Waals surface area contributed by atoms with E-state index in [0.717, 1.165) is 17.0 Å². The first-order valence-electron chi connectivity index (χ1n) is 6.47. The molecule has 0 spiro atoms. The van der Waals surface area contributed by atoms with Gasteiger partial charge in [-0.15, -0.1) is 0 Å². The van der Waals surface area contributed by atoms with Crippen molar-refractivity contribution in [2.75, 3.05) is 5.32 Å². The molecule has 20 heavy (non-hydrogen) atoms. The zero-order valence-electron chi connectivity index (χ0n) is 10.8. The fourth-order valence-corrected chi connectivity index (χ4v) is 2.06. The van der Waals surface area contributed by atoms with E-state index < -0.39 is 6.10 Å². The van der Waals surface area contributed by atoms with Crippen molar-refractivity contribution in [1.29, 1.82) is 0 Å². The van der Waals surface area contributed by atoms with E-state index in [-0.39, 0.29) is 5.91 Å². The number of anilines is 1. The Balaban J connectivity index is 1.63. The Labute approximate surface area is 117 Å². The van der Waals surface area contributed by atoms with Gasteiger partial charge >= 0.3 is 0 Å². The predicted molar refractivity (Wildman–Crippen MR) is 77.5 cm³/mol. The molecule has 2 aromatic rings. The molecule has 1 heterocycles. The van der Waals surface area contributed by atoms with Crippen molar-refractivity contribution < 1.29 is 9.63 Å². The molecule has 4 nitrogen and oxygen atoms in total. The summed E-state index contributed by atoms with van der Waals surface area (Å²) in [5.41, 5.74) is 2.55. The Morgan fingerprint density at radius 2 is 1.70 bits per heavy atom. The number of oxime groups is 1. The molecule has 0 fully saturated rings. The van der Waals surface area contributed by atoms with Crippen molar-refractivity contribution in [3.05, 3.63) is 66.2 Å². The van der Waals surface area contributed by atoms with Crippen LogP contribution in [0.25, 0.3) is 0 Å². The lowest BCUT2D eigenvalue weighted by Crippen LogP contribution is -2.27. The van der Waals surface area contributed by atoms with Gasteiger partial charge in [-0.3, -0.25) is 4.79 Å². The largest absolute Gasteiger partial charge is 0.382 e. The van der Waals surface area contributed by atoms with E-state index in [9.17, 15) is 4.79 Å². The molecule has 0 radical (unpaired) electrons. The third-order valence-electron chi connectivity index (χ3n) is 3.11. The zero-order chi connectivity index (χ0) is 13.8. The highest BCUT2D eigenvalue weighted by Gasteiger charge is 2.28. The maximum absolute atomic E-state index is 12.1. The maximum Gasteiger partial charge on any atom is 0.268 e. The van der Waals surface area contributed by atoms with Crippen LogP contribution in [0.3, 0.4) is 0 Å². The molecule has 0 saturated heterocycles. The normalized spacial score (nSPS) is 17.2. The lowest BCUT2D eigenvalue weighted by molar-refractivity contribution is -0.125. The minimum Gasteiger partial charge on any atom is -0.382 e. The van der Waals surface area contributed by atoms with Gasteiger partial charge in [0, 0.05) is 12.1 Å². The quantitative estimate of drug-likeness (QED) is 0.928. The summed E-state index contributed by atoms with van der Waals surface area (Å²) in [5.74, 6) is -0.175. The van der Waals surface area contributed by atoms with Crippen LogP contribution in [0.4, 0.5) is 5.69 Å². The molecule has 1 amide bonds. The summed E-state index contributed by atoms with van der Waals surface area (Å²) >= 11 is 0. The number of hydrogen-bond acceptors (Lipinski definition) is 3. The molecule has 0 aromatic heterocycles. The molecule has 1 atom stereocenters. The molecule has 1 aliphatic heterocycles. The van der Waals surface area contributed by atoms with Gasteiger partial charge in [-0.25, -0.2) is 0 Å². The van der Waals surface area contributed by atoms with E-state index in [4.69, 9.17) is 4.84 Å². The van der Waals surface area contributed by atoms with Crippen LogP contribution in [0, 0.1) is 0 Å². The Morgan fingerprint density at radius 3 is 2.40 bits per heavy atom. The summed E-state index contributed by atoms with van der Waals surface area (Å²) in [6, 6.07) is 19.1. The summed E-state index contributed by atoms with van der Waals surface area (Å²) in [6.45, 7) is 0. The number of carbonyl (C=O) groups excluding carboxylic acids is 1. The number of hydrogen-bond donors (Lipinski definition) is 1. The standard InChI is InChI=1S/C16H14N2O2/c19-16(17-13-9-5-2-6-10-13)15-11-14(18-20-15)12-7-3-1-4-8-12/h1-10,15H,11H2,(H,17,19)/t15-/m1/s1. The van der Waals surface area contributed by atoms with Crippen molar-refractivity contribution in [1.82, 2.24) is 0 Å². The molecule has 0 bridgehead atoms. The second-order valence-electron chi connectivity index (χ2n) is 4.56. The minimum atomic E-state index is -0.564. The number of amides is 1. The van der Waals surface area contributed by atoms with Gasteiger partial charge in [-0.2, -0.15) is 0 Å². The fourth-order valence-electron chi connectivity index (χ4n) is 2.06. The molecular weight excluding hydrogens is 252 g/mol. The van der Waals surface area contributed by atoms with Crippen LogP contribution in [-0.2, 0) is 9.63 Å². The third kappa shape index (κ3) is 2.69. The summed E-state index contributed by atoms with van der Waals surface area (Å²) in [5, 5.41) is 6.82. The first-order chi connectivity index (χ1) is 9.83. The van der Waals surface area contributed by atoms with E-state index in [1.165, 1.54) is 0 Å². The number of para-hydroxylation sites is 1. The minimum absolute atomic E-state index is 0.175. The lowest BCUT2D eigenvalue weighted by atomic mass is 10.0. The highest BCUT2D eigenvalue weighted by molar-refractivity contribution is 6.06. The van der Waals surface area contributed by atoms with Crippen LogP contribution < -0.4 is 5.32 Å². The van der Waals surface area contributed by atoms with Crippen molar-refractivity contribution in [2.24, 2.45) is 5.16 Å². The van der Waals surface area contributed by atoms with E-state index in [1.54, 1.807) is 0 Å². The Morgan fingerprint density at radius 1 is 1.05 bits per heavy atom. The highest BCUT2D eigenvalue weighted by Crippen LogP contribution is 2.18. The Kier molecular flexibility index (Phi) is 3.46. The molecule has 2 aromatic carbocycles. The third-order valence-corrected chi connectivity index (χ3v) is 3.11. The lowest BCUT2D eigenvalue weighted by Gasteiger charge is -2.09. The van der Waals surface area contributed by atoms with E-state index in [2.05, 4.69) is 10.5 Å². The Bertz CT molecular complexity index is 623. The average Bonchev–Trinajstić information content (AvgIpc) is 2.99. The smallest absolute Gasteiger partial charge is 0.268 e. The van der Waals surface area contributed by atoms with Crippen LogP contribution in [0.2, 0.25) is 0 Å². The van der Waals surface area contributed by atoms with Gasteiger partial charge in [0.15, 0.2) is 0 Å². The zero-order valence-corrected chi connectivity index (χ0v) is 10.8. The van der Waals surface area contributed by atoms with Crippen LogP contribution in [0.5, 0.6) is 0 Å². The summed E-state index contributed by atoms with van der Waals surface area (Å²) in [7, 11) is 0. The molecular formula is C16H14N2O2. The van der Waals surface area contributed by atoms with Crippen LogP contribution in [0.15, 0.2) is 65.8 Å². The van der Waals surface area contributed by atoms with E-state index >= 15 is 0 Å². The molecule has 100 valence electrons. The first kappa shape index (κ1) is 12.4. The second-order valence-corrected chi connectivity index (χ2v) is 4.56. The van der Waals surface area contributed by atoms with Gasteiger partial charge in [0.25, 0.3) is 5.91 Å². The fraction of sp³-hybridized carbons (Fsp3) is 0.125. The molecule has 1 N–H and O–H groups in total. The molecule has 0 saturated carbocycles. The number of nitrogens with one attached hydrogen (secondary N) is 1. The molecule has 0 aliphatic carbocycles. The van der Waals surface area contributed by atoms with Crippen LogP contribution >= 0.6 is 0 Å².